The molecule has 114 valence electrons. The first-order chi connectivity index (χ1) is 9.56. The van der Waals surface area contributed by atoms with Crippen molar-refractivity contribution in [2.75, 3.05) is 31.6 Å². The summed E-state index contributed by atoms with van der Waals surface area (Å²) in [6, 6.07) is 0. The van der Waals surface area contributed by atoms with Crippen LogP contribution in [-0.2, 0) is 11.3 Å². The number of aromatic nitrogens is 1. The van der Waals surface area contributed by atoms with Crippen LogP contribution in [0.4, 0.5) is 5.13 Å². The summed E-state index contributed by atoms with van der Waals surface area (Å²) in [5, 5.41) is 4.61. The summed E-state index contributed by atoms with van der Waals surface area (Å²) in [5.41, 5.74) is 1.15. The van der Waals surface area contributed by atoms with Crippen LogP contribution in [-0.4, -0.2) is 37.8 Å². The normalized spacial score (nSPS) is 18.9. The molecule has 0 aliphatic carbocycles. The van der Waals surface area contributed by atoms with Gasteiger partial charge in [0.05, 0.1) is 11.8 Å². The van der Waals surface area contributed by atoms with Crippen LogP contribution in [0, 0.1) is 12.8 Å². The molecule has 0 aromatic carbocycles. The second-order valence-corrected chi connectivity index (χ2v) is 7.11. The minimum absolute atomic E-state index is 0.381. The van der Waals surface area contributed by atoms with Crippen molar-refractivity contribution in [1.82, 2.24) is 10.3 Å². The summed E-state index contributed by atoms with van der Waals surface area (Å²) in [6.07, 6.45) is 2.75. The molecule has 1 aliphatic heterocycles. The van der Waals surface area contributed by atoms with E-state index in [4.69, 9.17) is 9.72 Å². The van der Waals surface area contributed by atoms with E-state index in [1.54, 1.807) is 11.3 Å². The number of nitrogens with zero attached hydrogens (tertiary/aromatic N) is 2. The zero-order chi connectivity index (χ0) is 14.5. The standard InChI is InChI=1S/C15H27N3OS/c1-11(2)8-16-9-14-12(3)17-15(20-14)18(4)10-13-6-5-7-19-13/h11,13,16H,5-10H2,1-4H3. The van der Waals surface area contributed by atoms with Gasteiger partial charge in [-0.3, -0.25) is 0 Å². The van der Waals surface area contributed by atoms with Crippen LogP contribution in [0.2, 0.25) is 0 Å². The fraction of sp³-hybridized carbons (Fsp3) is 0.800. The van der Waals surface area contributed by atoms with Gasteiger partial charge in [0.15, 0.2) is 5.13 Å². The van der Waals surface area contributed by atoms with Crippen LogP contribution in [0.25, 0.3) is 0 Å². The van der Waals surface area contributed by atoms with Gasteiger partial charge >= 0.3 is 0 Å². The third-order valence-corrected chi connectivity index (χ3v) is 4.82. The van der Waals surface area contributed by atoms with E-state index in [1.165, 1.54) is 17.7 Å². The second kappa shape index (κ2) is 7.38. The lowest BCUT2D eigenvalue weighted by Gasteiger charge is -2.19. The molecule has 20 heavy (non-hydrogen) atoms. The highest BCUT2D eigenvalue weighted by atomic mass is 32.1. The topological polar surface area (TPSA) is 37.4 Å². The first kappa shape index (κ1) is 15.7. The molecule has 4 nitrogen and oxygen atoms in total. The van der Waals surface area contributed by atoms with Crippen LogP contribution in [0.1, 0.15) is 37.3 Å². The summed E-state index contributed by atoms with van der Waals surface area (Å²) < 4.78 is 5.70. The Morgan fingerprint density at radius 3 is 2.95 bits per heavy atom. The molecule has 1 aromatic heterocycles. The largest absolute Gasteiger partial charge is 0.376 e. The van der Waals surface area contributed by atoms with Gasteiger partial charge in [-0.1, -0.05) is 13.8 Å². The third-order valence-electron chi connectivity index (χ3n) is 3.55. The Morgan fingerprint density at radius 1 is 1.50 bits per heavy atom. The van der Waals surface area contributed by atoms with Crippen molar-refractivity contribution >= 4 is 16.5 Å². The molecule has 2 heterocycles. The van der Waals surface area contributed by atoms with Gasteiger partial charge in [-0.15, -0.1) is 11.3 Å². The quantitative estimate of drug-likeness (QED) is 0.840. The number of rotatable bonds is 7. The highest BCUT2D eigenvalue weighted by Crippen LogP contribution is 2.26. The van der Waals surface area contributed by atoms with Crippen molar-refractivity contribution in [2.24, 2.45) is 5.92 Å². The maximum Gasteiger partial charge on any atom is 0.185 e. The Labute approximate surface area is 126 Å². The minimum atomic E-state index is 0.381. The molecule has 0 spiro atoms. The Morgan fingerprint density at radius 2 is 2.30 bits per heavy atom. The van der Waals surface area contributed by atoms with Gasteiger partial charge in [0.25, 0.3) is 0 Å². The van der Waals surface area contributed by atoms with E-state index >= 15 is 0 Å². The first-order valence-corrected chi connectivity index (χ1v) is 8.37. The maximum atomic E-state index is 5.70. The Bertz CT molecular complexity index is 413. The van der Waals surface area contributed by atoms with Crippen molar-refractivity contribution in [3.05, 3.63) is 10.6 Å². The number of likely N-dealkylation sites (N-methyl/N-ethyl adjacent to an activating group) is 1. The summed E-state index contributed by atoms with van der Waals surface area (Å²) in [6.45, 7) is 10.4. The molecule has 1 fully saturated rings. The SMILES string of the molecule is Cc1nc(N(C)CC2CCCO2)sc1CNCC(C)C. The molecule has 0 radical (unpaired) electrons. The van der Waals surface area contributed by atoms with Gasteiger partial charge in [0.1, 0.15) is 0 Å². The van der Waals surface area contributed by atoms with E-state index in [9.17, 15) is 0 Å². The maximum absolute atomic E-state index is 5.70. The predicted octanol–water partition coefficient (Wildman–Crippen LogP) is 2.81. The molecular formula is C15H27N3OS. The van der Waals surface area contributed by atoms with Gasteiger partial charge in [0.2, 0.25) is 0 Å². The molecular weight excluding hydrogens is 270 g/mol. The van der Waals surface area contributed by atoms with E-state index < -0.39 is 0 Å². The zero-order valence-corrected chi connectivity index (χ0v) is 13.9. The highest BCUT2D eigenvalue weighted by Gasteiger charge is 2.19. The van der Waals surface area contributed by atoms with Crippen molar-refractivity contribution in [1.29, 1.82) is 0 Å². The van der Waals surface area contributed by atoms with E-state index in [1.807, 2.05) is 0 Å². The summed E-state index contributed by atoms with van der Waals surface area (Å²) in [5.74, 6) is 0.685. The average molecular weight is 297 g/mol. The smallest absolute Gasteiger partial charge is 0.185 e. The third kappa shape index (κ3) is 4.43. The van der Waals surface area contributed by atoms with Crippen molar-refractivity contribution in [2.45, 2.75) is 46.3 Å². The summed E-state index contributed by atoms with van der Waals surface area (Å²) >= 11 is 1.80. The van der Waals surface area contributed by atoms with E-state index in [0.717, 1.165) is 37.1 Å². The van der Waals surface area contributed by atoms with Gasteiger partial charge in [0, 0.05) is 31.6 Å². The average Bonchev–Trinajstić information content (AvgIpc) is 2.99. The van der Waals surface area contributed by atoms with Gasteiger partial charge in [-0.2, -0.15) is 0 Å². The summed E-state index contributed by atoms with van der Waals surface area (Å²) in [4.78, 5) is 8.28. The molecule has 5 heteroatoms. The van der Waals surface area contributed by atoms with E-state index in [2.05, 4.69) is 38.0 Å². The molecule has 0 amide bonds. The molecule has 1 aromatic rings. The Balaban J connectivity index is 1.88. The van der Waals surface area contributed by atoms with Crippen LogP contribution >= 0.6 is 11.3 Å². The van der Waals surface area contributed by atoms with Crippen molar-refractivity contribution < 1.29 is 4.74 Å². The number of ether oxygens (including phenoxy) is 1. The molecule has 1 N–H and O–H groups in total. The molecule has 1 aliphatic rings. The number of hydrogen-bond acceptors (Lipinski definition) is 5. The van der Waals surface area contributed by atoms with Gasteiger partial charge in [-0.05, 0) is 32.2 Å². The Hall–Kier alpha value is -0.650. The number of aryl methyl sites for hydroxylation is 1. The minimum Gasteiger partial charge on any atom is -0.376 e. The number of nitrogens with one attached hydrogen (secondary N) is 1. The second-order valence-electron chi connectivity index (χ2n) is 6.05. The number of thiazole rings is 1. The molecule has 0 bridgehead atoms. The molecule has 1 saturated heterocycles. The van der Waals surface area contributed by atoms with Crippen LogP contribution in [0.15, 0.2) is 0 Å². The van der Waals surface area contributed by atoms with Crippen LogP contribution in [0.5, 0.6) is 0 Å². The monoisotopic (exact) mass is 297 g/mol. The van der Waals surface area contributed by atoms with Crippen LogP contribution in [0.3, 0.4) is 0 Å². The summed E-state index contributed by atoms with van der Waals surface area (Å²) in [7, 11) is 2.12. The van der Waals surface area contributed by atoms with Crippen molar-refractivity contribution in [3.8, 4) is 0 Å². The molecule has 0 saturated carbocycles. The molecule has 1 unspecified atom stereocenters. The van der Waals surface area contributed by atoms with Crippen molar-refractivity contribution in [3.63, 3.8) is 0 Å². The highest BCUT2D eigenvalue weighted by molar-refractivity contribution is 7.15. The van der Waals surface area contributed by atoms with Gasteiger partial charge < -0.3 is 15.0 Å². The van der Waals surface area contributed by atoms with Crippen LogP contribution < -0.4 is 10.2 Å². The predicted molar refractivity (Wildman–Crippen MR) is 85.6 cm³/mol. The van der Waals surface area contributed by atoms with E-state index in [0.29, 0.717) is 12.0 Å². The zero-order valence-electron chi connectivity index (χ0n) is 13.1. The lowest BCUT2D eigenvalue weighted by Crippen LogP contribution is -2.28. The fourth-order valence-corrected chi connectivity index (χ4v) is 3.39. The number of hydrogen-bond donors (Lipinski definition) is 1. The first-order valence-electron chi connectivity index (χ1n) is 7.56. The van der Waals surface area contributed by atoms with E-state index in [-0.39, 0.29) is 0 Å². The Kier molecular flexibility index (Phi) is 5.81. The number of anilines is 1. The van der Waals surface area contributed by atoms with Gasteiger partial charge in [-0.25, -0.2) is 4.98 Å². The molecule has 2 rings (SSSR count). The fourth-order valence-electron chi connectivity index (χ4n) is 2.39. The lowest BCUT2D eigenvalue weighted by atomic mass is 10.2. The molecule has 1 atom stereocenters. The lowest BCUT2D eigenvalue weighted by molar-refractivity contribution is 0.116.